The summed E-state index contributed by atoms with van der Waals surface area (Å²) in [6.07, 6.45) is 1.04. The molecule has 0 fully saturated rings. The van der Waals surface area contributed by atoms with Crippen LogP contribution < -0.4 is 5.32 Å². The lowest BCUT2D eigenvalue weighted by Crippen LogP contribution is -2.22. The van der Waals surface area contributed by atoms with E-state index >= 15 is 0 Å². The van der Waals surface area contributed by atoms with Gasteiger partial charge in [0, 0.05) is 19.8 Å². The molecule has 0 rings (SSSR count). The minimum Gasteiger partial charge on any atom is -0.394 e. The molecule has 4 heteroatoms. The van der Waals surface area contributed by atoms with Crippen molar-refractivity contribution in [1.82, 2.24) is 5.32 Å². The van der Waals surface area contributed by atoms with E-state index in [0.717, 1.165) is 32.7 Å². The standard InChI is InChI=1S/C9H21NO3/c1-2-12-7-3-4-10-5-8-13-9-6-11/h10-11H,2-9H2,1H3. The van der Waals surface area contributed by atoms with Crippen LogP contribution >= 0.6 is 0 Å². The molecule has 13 heavy (non-hydrogen) atoms. The van der Waals surface area contributed by atoms with Crippen LogP contribution in [0.1, 0.15) is 13.3 Å². The van der Waals surface area contributed by atoms with Gasteiger partial charge in [-0.05, 0) is 19.9 Å². The van der Waals surface area contributed by atoms with E-state index in [1.165, 1.54) is 0 Å². The lowest BCUT2D eigenvalue weighted by Gasteiger charge is -2.04. The zero-order valence-corrected chi connectivity index (χ0v) is 8.42. The van der Waals surface area contributed by atoms with E-state index in [9.17, 15) is 0 Å². The highest BCUT2D eigenvalue weighted by atomic mass is 16.5. The lowest BCUT2D eigenvalue weighted by atomic mass is 10.4. The molecule has 0 atom stereocenters. The number of ether oxygens (including phenoxy) is 2. The minimum absolute atomic E-state index is 0.102. The fourth-order valence-electron chi connectivity index (χ4n) is 0.880. The summed E-state index contributed by atoms with van der Waals surface area (Å²) in [4.78, 5) is 0. The molecule has 0 radical (unpaired) electrons. The van der Waals surface area contributed by atoms with Crippen molar-refractivity contribution in [3.8, 4) is 0 Å². The van der Waals surface area contributed by atoms with E-state index in [0.29, 0.717) is 13.2 Å². The molecule has 0 saturated heterocycles. The first-order chi connectivity index (χ1) is 6.41. The van der Waals surface area contributed by atoms with Crippen molar-refractivity contribution in [2.75, 3.05) is 46.1 Å². The van der Waals surface area contributed by atoms with E-state index in [1.54, 1.807) is 0 Å². The lowest BCUT2D eigenvalue weighted by molar-refractivity contribution is 0.0932. The molecule has 0 aliphatic carbocycles. The van der Waals surface area contributed by atoms with E-state index in [1.807, 2.05) is 6.92 Å². The Balaban J connectivity index is 2.76. The Morgan fingerprint density at radius 1 is 1.08 bits per heavy atom. The molecule has 0 spiro atoms. The Labute approximate surface area is 80.2 Å². The summed E-state index contributed by atoms with van der Waals surface area (Å²) in [7, 11) is 0. The molecule has 0 saturated carbocycles. The summed E-state index contributed by atoms with van der Waals surface area (Å²) in [6, 6.07) is 0. The van der Waals surface area contributed by atoms with E-state index in [2.05, 4.69) is 5.32 Å². The van der Waals surface area contributed by atoms with Crippen LogP contribution in [-0.2, 0) is 9.47 Å². The number of hydrogen-bond acceptors (Lipinski definition) is 4. The van der Waals surface area contributed by atoms with Gasteiger partial charge in [0.15, 0.2) is 0 Å². The van der Waals surface area contributed by atoms with Gasteiger partial charge in [-0.3, -0.25) is 0 Å². The Morgan fingerprint density at radius 2 is 1.92 bits per heavy atom. The van der Waals surface area contributed by atoms with Crippen molar-refractivity contribution in [3.63, 3.8) is 0 Å². The minimum atomic E-state index is 0.102. The van der Waals surface area contributed by atoms with Crippen LogP contribution in [0.2, 0.25) is 0 Å². The van der Waals surface area contributed by atoms with Gasteiger partial charge >= 0.3 is 0 Å². The van der Waals surface area contributed by atoms with Crippen molar-refractivity contribution in [2.24, 2.45) is 0 Å². The van der Waals surface area contributed by atoms with Crippen LogP contribution in [0, 0.1) is 0 Å². The maximum Gasteiger partial charge on any atom is 0.0698 e. The highest BCUT2D eigenvalue weighted by Crippen LogP contribution is 1.79. The molecule has 0 heterocycles. The molecule has 2 N–H and O–H groups in total. The number of aliphatic hydroxyl groups excluding tert-OH is 1. The van der Waals surface area contributed by atoms with Gasteiger partial charge in [0.25, 0.3) is 0 Å². The first-order valence-corrected chi connectivity index (χ1v) is 4.89. The van der Waals surface area contributed by atoms with Gasteiger partial charge in [0.2, 0.25) is 0 Å². The van der Waals surface area contributed by atoms with E-state index in [4.69, 9.17) is 14.6 Å². The van der Waals surface area contributed by atoms with Crippen LogP contribution in [0.3, 0.4) is 0 Å². The maximum absolute atomic E-state index is 8.40. The third-order valence-corrected chi connectivity index (χ3v) is 1.51. The first-order valence-electron chi connectivity index (χ1n) is 4.89. The summed E-state index contributed by atoms with van der Waals surface area (Å²) < 4.78 is 10.2. The second-order valence-corrected chi connectivity index (χ2v) is 2.64. The number of nitrogens with one attached hydrogen (secondary N) is 1. The summed E-state index contributed by atoms with van der Waals surface area (Å²) >= 11 is 0. The average Bonchev–Trinajstić information content (AvgIpc) is 2.16. The quantitative estimate of drug-likeness (QED) is 0.478. The highest BCUT2D eigenvalue weighted by Gasteiger charge is 1.88. The second kappa shape index (κ2) is 11.8. The molecule has 0 aromatic heterocycles. The normalized spacial score (nSPS) is 10.6. The Kier molecular flexibility index (Phi) is 11.7. The molecular formula is C9H21NO3. The van der Waals surface area contributed by atoms with Crippen molar-refractivity contribution in [3.05, 3.63) is 0 Å². The van der Waals surface area contributed by atoms with Crippen LogP contribution in [-0.4, -0.2) is 51.2 Å². The summed E-state index contributed by atoms with van der Waals surface area (Å²) in [6.45, 7) is 6.60. The maximum atomic E-state index is 8.40. The molecule has 0 aromatic carbocycles. The van der Waals surface area contributed by atoms with Gasteiger partial charge < -0.3 is 19.9 Å². The summed E-state index contributed by atoms with van der Waals surface area (Å²) in [5.74, 6) is 0. The molecule has 0 bridgehead atoms. The van der Waals surface area contributed by atoms with Crippen molar-refractivity contribution < 1.29 is 14.6 Å². The Bertz CT molecular complexity index is 80.9. The van der Waals surface area contributed by atoms with Crippen LogP contribution in [0.4, 0.5) is 0 Å². The SMILES string of the molecule is CCOCCCNCCOCCO. The molecular weight excluding hydrogens is 170 g/mol. The molecule has 0 aromatic rings. The predicted octanol–water partition coefficient (Wildman–Crippen LogP) is 0.0115. The largest absolute Gasteiger partial charge is 0.394 e. The third-order valence-electron chi connectivity index (χ3n) is 1.51. The molecule has 0 aliphatic rings. The van der Waals surface area contributed by atoms with E-state index < -0.39 is 0 Å². The van der Waals surface area contributed by atoms with Gasteiger partial charge in [0.1, 0.15) is 0 Å². The van der Waals surface area contributed by atoms with Crippen LogP contribution in [0.15, 0.2) is 0 Å². The average molecular weight is 191 g/mol. The van der Waals surface area contributed by atoms with Gasteiger partial charge in [-0.2, -0.15) is 0 Å². The van der Waals surface area contributed by atoms with Crippen LogP contribution in [0.25, 0.3) is 0 Å². The number of hydrogen-bond donors (Lipinski definition) is 2. The van der Waals surface area contributed by atoms with Crippen molar-refractivity contribution >= 4 is 0 Å². The van der Waals surface area contributed by atoms with Gasteiger partial charge in [-0.25, -0.2) is 0 Å². The van der Waals surface area contributed by atoms with Gasteiger partial charge in [-0.1, -0.05) is 0 Å². The molecule has 0 aliphatic heterocycles. The Morgan fingerprint density at radius 3 is 2.62 bits per heavy atom. The first kappa shape index (κ1) is 12.8. The smallest absolute Gasteiger partial charge is 0.0698 e. The fraction of sp³-hybridized carbons (Fsp3) is 1.00. The molecule has 0 amide bonds. The number of aliphatic hydroxyl groups is 1. The van der Waals surface area contributed by atoms with Crippen molar-refractivity contribution in [1.29, 1.82) is 0 Å². The molecule has 0 unspecified atom stereocenters. The Hall–Kier alpha value is -0.160. The molecule has 80 valence electrons. The van der Waals surface area contributed by atoms with Gasteiger partial charge in [-0.15, -0.1) is 0 Å². The zero-order valence-electron chi connectivity index (χ0n) is 8.42. The summed E-state index contributed by atoms with van der Waals surface area (Å²) in [5, 5.41) is 11.6. The fourth-order valence-corrected chi connectivity index (χ4v) is 0.880. The monoisotopic (exact) mass is 191 g/mol. The van der Waals surface area contributed by atoms with E-state index in [-0.39, 0.29) is 6.61 Å². The predicted molar refractivity (Wildman–Crippen MR) is 51.9 cm³/mol. The third kappa shape index (κ3) is 11.8. The zero-order chi connectivity index (χ0) is 9.78. The van der Waals surface area contributed by atoms with Crippen molar-refractivity contribution in [2.45, 2.75) is 13.3 Å². The summed E-state index contributed by atoms with van der Waals surface area (Å²) in [5.41, 5.74) is 0. The van der Waals surface area contributed by atoms with Crippen LogP contribution in [0.5, 0.6) is 0 Å². The number of rotatable bonds is 10. The highest BCUT2D eigenvalue weighted by molar-refractivity contribution is 4.46. The van der Waals surface area contributed by atoms with Gasteiger partial charge in [0.05, 0.1) is 19.8 Å². The molecule has 4 nitrogen and oxygen atoms in total. The second-order valence-electron chi connectivity index (χ2n) is 2.64. The topological polar surface area (TPSA) is 50.7 Å².